The van der Waals surface area contributed by atoms with Crippen LogP contribution in [0.3, 0.4) is 0 Å². The lowest BCUT2D eigenvalue weighted by molar-refractivity contribution is 0.0949. The van der Waals surface area contributed by atoms with Gasteiger partial charge in [-0.1, -0.05) is 30.3 Å². The van der Waals surface area contributed by atoms with Crippen molar-refractivity contribution < 1.29 is 9.53 Å². The molecule has 0 radical (unpaired) electrons. The molecule has 1 aliphatic rings. The van der Waals surface area contributed by atoms with E-state index in [9.17, 15) is 4.79 Å². The zero-order valence-electron chi connectivity index (χ0n) is 12.9. The van der Waals surface area contributed by atoms with Gasteiger partial charge in [-0.15, -0.1) is 0 Å². The van der Waals surface area contributed by atoms with Gasteiger partial charge in [0.25, 0.3) is 5.91 Å². The van der Waals surface area contributed by atoms with E-state index in [-0.39, 0.29) is 5.91 Å². The molecule has 1 N–H and O–H groups in total. The van der Waals surface area contributed by atoms with E-state index in [0.29, 0.717) is 25.5 Å². The highest BCUT2D eigenvalue weighted by atomic mass is 16.5. The van der Waals surface area contributed by atoms with Crippen LogP contribution in [0.25, 0.3) is 0 Å². The zero-order chi connectivity index (χ0) is 15.9. The number of carbonyl (C=O) groups is 1. The molecule has 1 aromatic carbocycles. The third-order valence-corrected chi connectivity index (χ3v) is 3.76. The van der Waals surface area contributed by atoms with E-state index in [2.05, 4.69) is 20.2 Å². The van der Waals surface area contributed by atoms with Crippen LogP contribution in [0, 0.1) is 0 Å². The van der Waals surface area contributed by atoms with Gasteiger partial charge in [0, 0.05) is 25.7 Å². The van der Waals surface area contributed by atoms with Gasteiger partial charge in [0.05, 0.1) is 13.2 Å². The summed E-state index contributed by atoms with van der Waals surface area (Å²) in [5.74, 6) is 0.606. The molecule has 0 aliphatic carbocycles. The molecule has 3 rings (SSSR count). The number of morpholine rings is 1. The first-order chi connectivity index (χ1) is 11.3. The molecule has 1 aliphatic heterocycles. The van der Waals surface area contributed by atoms with Crippen LogP contribution in [-0.2, 0) is 11.2 Å². The first-order valence-corrected chi connectivity index (χ1v) is 7.80. The predicted molar refractivity (Wildman–Crippen MR) is 87.5 cm³/mol. The molecule has 0 unspecified atom stereocenters. The summed E-state index contributed by atoms with van der Waals surface area (Å²) in [7, 11) is 0. The van der Waals surface area contributed by atoms with Gasteiger partial charge in [-0.2, -0.15) is 0 Å². The second-order valence-electron chi connectivity index (χ2n) is 5.35. The summed E-state index contributed by atoms with van der Waals surface area (Å²) in [5.41, 5.74) is 1.60. The summed E-state index contributed by atoms with van der Waals surface area (Å²) < 4.78 is 5.33. The molecule has 0 spiro atoms. The number of hydrogen-bond acceptors (Lipinski definition) is 5. The third-order valence-electron chi connectivity index (χ3n) is 3.76. The van der Waals surface area contributed by atoms with Gasteiger partial charge in [-0.25, -0.2) is 9.97 Å². The third kappa shape index (κ3) is 4.26. The number of aromatic nitrogens is 2. The summed E-state index contributed by atoms with van der Waals surface area (Å²) in [4.78, 5) is 22.7. The van der Waals surface area contributed by atoms with E-state index in [0.717, 1.165) is 25.3 Å². The SMILES string of the molecule is O=C(NCCc1ccccc1)c1cc(N2CCOCC2)ncn1. The summed E-state index contributed by atoms with van der Waals surface area (Å²) in [6.45, 7) is 3.52. The highest BCUT2D eigenvalue weighted by Crippen LogP contribution is 2.12. The number of amides is 1. The zero-order valence-corrected chi connectivity index (χ0v) is 12.9. The summed E-state index contributed by atoms with van der Waals surface area (Å²) >= 11 is 0. The van der Waals surface area contributed by atoms with Crippen LogP contribution in [0.4, 0.5) is 5.82 Å². The Balaban J connectivity index is 1.56. The standard InChI is InChI=1S/C17H20N4O2/c22-17(18-7-6-14-4-2-1-3-5-14)15-12-16(20-13-19-15)21-8-10-23-11-9-21/h1-5,12-13H,6-11H2,(H,18,22). The molecule has 2 heterocycles. The Morgan fingerprint density at radius 2 is 1.96 bits per heavy atom. The number of anilines is 1. The number of nitrogens with one attached hydrogen (secondary N) is 1. The molecule has 0 bridgehead atoms. The Morgan fingerprint density at radius 3 is 2.74 bits per heavy atom. The molecule has 1 fully saturated rings. The molecule has 23 heavy (non-hydrogen) atoms. The van der Waals surface area contributed by atoms with Crippen molar-refractivity contribution in [1.82, 2.24) is 15.3 Å². The van der Waals surface area contributed by atoms with Crippen molar-refractivity contribution in [3.63, 3.8) is 0 Å². The number of benzene rings is 1. The van der Waals surface area contributed by atoms with Crippen LogP contribution in [0.2, 0.25) is 0 Å². The number of carbonyl (C=O) groups excluding carboxylic acids is 1. The second-order valence-corrected chi connectivity index (χ2v) is 5.35. The van der Waals surface area contributed by atoms with Crippen LogP contribution < -0.4 is 10.2 Å². The maximum atomic E-state index is 12.2. The van der Waals surface area contributed by atoms with Crippen molar-refractivity contribution in [3.8, 4) is 0 Å². The molecule has 0 atom stereocenters. The first kappa shape index (κ1) is 15.4. The van der Waals surface area contributed by atoms with Crippen molar-refractivity contribution in [3.05, 3.63) is 54.0 Å². The highest BCUT2D eigenvalue weighted by Gasteiger charge is 2.15. The molecule has 0 saturated carbocycles. The van der Waals surface area contributed by atoms with Crippen molar-refractivity contribution in [2.75, 3.05) is 37.7 Å². The Morgan fingerprint density at radius 1 is 1.17 bits per heavy atom. The fraction of sp³-hybridized carbons (Fsp3) is 0.353. The van der Waals surface area contributed by atoms with E-state index in [1.807, 2.05) is 30.3 Å². The topological polar surface area (TPSA) is 67.4 Å². The lowest BCUT2D eigenvalue weighted by Crippen LogP contribution is -2.37. The molecule has 1 aromatic heterocycles. The molecule has 6 nitrogen and oxygen atoms in total. The van der Waals surface area contributed by atoms with E-state index in [1.54, 1.807) is 6.07 Å². The van der Waals surface area contributed by atoms with Crippen LogP contribution >= 0.6 is 0 Å². The summed E-state index contributed by atoms with van der Waals surface area (Å²) in [6.07, 6.45) is 2.24. The van der Waals surface area contributed by atoms with Crippen molar-refractivity contribution in [2.45, 2.75) is 6.42 Å². The fourth-order valence-corrected chi connectivity index (χ4v) is 2.49. The average Bonchev–Trinajstić information content (AvgIpc) is 2.63. The molecule has 2 aromatic rings. The summed E-state index contributed by atoms with van der Waals surface area (Å²) in [5, 5.41) is 2.91. The number of hydrogen-bond donors (Lipinski definition) is 1. The predicted octanol–water partition coefficient (Wildman–Crippen LogP) is 1.29. The maximum absolute atomic E-state index is 12.2. The molecule has 1 amide bonds. The van der Waals surface area contributed by atoms with Crippen LogP contribution in [0.15, 0.2) is 42.7 Å². The van der Waals surface area contributed by atoms with Crippen molar-refractivity contribution in [2.24, 2.45) is 0 Å². The van der Waals surface area contributed by atoms with Gasteiger partial charge in [0.1, 0.15) is 17.8 Å². The Labute approximate surface area is 135 Å². The lowest BCUT2D eigenvalue weighted by Gasteiger charge is -2.27. The molecular formula is C17H20N4O2. The lowest BCUT2D eigenvalue weighted by atomic mass is 10.1. The maximum Gasteiger partial charge on any atom is 0.270 e. The quantitative estimate of drug-likeness (QED) is 0.901. The van der Waals surface area contributed by atoms with Crippen LogP contribution in [0.5, 0.6) is 0 Å². The monoisotopic (exact) mass is 312 g/mol. The molecular weight excluding hydrogens is 292 g/mol. The van der Waals surface area contributed by atoms with Crippen molar-refractivity contribution >= 4 is 11.7 Å². The Kier molecular flexibility index (Phi) is 5.16. The molecule has 120 valence electrons. The highest BCUT2D eigenvalue weighted by molar-refractivity contribution is 5.92. The second kappa shape index (κ2) is 7.69. The van der Waals surface area contributed by atoms with Crippen LogP contribution in [0.1, 0.15) is 16.1 Å². The van der Waals surface area contributed by atoms with Gasteiger partial charge in [0.15, 0.2) is 0 Å². The Bertz CT molecular complexity index is 642. The number of ether oxygens (including phenoxy) is 1. The number of rotatable bonds is 5. The number of nitrogens with zero attached hydrogens (tertiary/aromatic N) is 3. The minimum Gasteiger partial charge on any atom is -0.378 e. The van der Waals surface area contributed by atoms with E-state index in [1.165, 1.54) is 11.9 Å². The normalized spacial score (nSPS) is 14.5. The van der Waals surface area contributed by atoms with Gasteiger partial charge >= 0.3 is 0 Å². The minimum absolute atomic E-state index is 0.169. The van der Waals surface area contributed by atoms with Crippen LogP contribution in [-0.4, -0.2) is 48.7 Å². The van der Waals surface area contributed by atoms with Gasteiger partial charge in [-0.05, 0) is 12.0 Å². The molecule has 1 saturated heterocycles. The minimum atomic E-state index is -0.169. The first-order valence-electron chi connectivity index (χ1n) is 7.80. The molecule has 6 heteroatoms. The van der Waals surface area contributed by atoms with Crippen molar-refractivity contribution in [1.29, 1.82) is 0 Å². The smallest absolute Gasteiger partial charge is 0.270 e. The van der Waals surface area contributed by atoms with Gasteiger partial charge < -0.3 is 15.0 Å². The van der Waals surface area contributed by atoms with E-state index >= 15 is 0 Å². The Hall–Kier alpha value is -2.47. The fourth-order valence-electron chi connectivity index (χ4n) is 2.49. The van der Waals surface area contributed by atoms with Gasteiger partial charge in [-0.3, -0.25) is 4.79 Å². The van der Waals surface area contributed by atoms with E-state index < -0.39 is 0 Å². The average molecular weight is 312 g/mol. The van der Waals surface area contributed by atoms with Gasteiger partial charge in [0.2, 0.25) is 0 Å². The summed E-state index contributed by atoms with van der Waals surface area (Å²) in [6, 6.07) is 11.8. The van der Waals surface area contributed by atoms with E-state index in [4.69, 9.17) is 4.74 Å². The largest absolute Gasteiger partial charge is 0.378 e.